The zero-order valence-corrected chi connectivity index (χ0v) is 12.8. The average molecular weight is 285 g/mol. The number of allylic oxidation sites excluding steroid dienone is 1. The van der Waals surface area contributed by atoms with Gasteiger partial charge in [-0.2, -0.15) is 5.26 Å². The molecule has 0 aliphatic rings. The van der Waals surface area contributed by atoms with Crippen LogP contribution in [-0.4, -0.2) is 11.1 Å². The van der Waals surface area contributed by atoms with Crippen LogP contribution < -0.4 is 0 Å². The van der Waals surface area contributed by atoms with E-state index in [9.17, 15) is 15.2 Å². The third-order valence-electron chi connectivity index (χ3n) is 3.79. The van der Waals surface area contributed by atoms with Gasteiger partial charge in [-0.15, -0.1) is 0 Å². The highest BCUT2D eigenvalue weighted by molar-refractivity contribution is 6.00. The molecule has 0 heterocycles. The quantitative estimate of drug-likeness (QED) is 0.558. The summed E-state index contributed by atoms with van der Waals surface area (Å²) in [6, 6.07) is 11.3. The van der Waals surface area contributed by atoms with E-state index in [1.807, 2.05) is 36.4 Å². The molecule has 0 fully saturated rings. The summed E-state index contributed by atoms with van der Waals surface area (Å²) >= 11 is 0. The first kappa shape index (κ1) is 17.0. The van der Waals surface area contributed by atoms with Gasteiger partial charge in [-0.25, -0.2) is 4.79 Å². The van der Waals surface area contributed by atoms with E-state index >= 15 is 0 Å². The van der Waals surface area contributed by atoms with Crippen LogP contribution in [0.25, 0.3) is 5.57 Å². The highest BCUT2D eigenvalue weighted by Crippen LogP contribution is 2.30. The molecule has 0 aliphatic heterocycles. The number of rotatable bonds is 8. The number of nitriles is 1. The summed E-state index contributed by atoms with van der Waals surface area (Å²) in [5.41, 5.74) is 1.37. The molecule has 1 aromatic rings. The van der Waals surface area contributed by atoms with E-state index in [0.29, 0.717) is 17.9 Å². The molecule has 3 nitrogen and oxygen atoms in total. The fourth-order valence-corrected chi connectivity index (χ4v) is 2.48. The van der Waals surface area contributed by atoms with Gasteiger partial charge < -0.3 is 5.11 Å². The lowest BCUT2D eigenvalue weighted by Crippen LogP contribution is -2.07. The monoisotopic (exact) mass is 285 g/mol. The Balaban J connectivity index is 3.15. The van der Waals surface area contributed by atoms with Gasteiger partial charge in [0.1, 0.15) is 11.6 Å². The smallest absolute Gasteiger partial charge is 0.346 e. The number of aliphatic carboxylic acids is 1. The summed E-state index contributed by atoms with van der Waals surface area (Å²) < 4.78 is 0. The first-order chi connectivity index (χ1) is 10.1. The van der Waals surface area contributed by atoms with Crippen molar-refractivity contribution in [3.8, 4) is 6.07 Å². The largest absolute Gasteiger partial charge is 0.477 e. The van der Waals surface area contributed by atoms with Crippen molar-refractivity contribution in [3.05, 3.63) is 41.5 Å². The van der Waals surface area contributed by atoms with Crippen molar-refractivity contribution >= 4 is 11.5 Å². The highest BCUT2D eigenvalue weighted by atomic mass is 16.4. The molecule has 1 atom stereocenters. The van der Waals surface area contributed by atoms with Crippen LogP contribution in [0, 0.1) is 17.2 Å². The molecule has 0 saturated heterocycles. The summed E-state index contributed by atoms with van der Waals surface area (Å²) in [4.78, 5) is 11.3. The molecule has 112 valence electrons. The van der Waals surface area contributed by atoms with Crippen molar-refractivity contribution in [1.29, 1.82) is 5.26 Å². The van der Waals surface area contributed by atoms with E-state index in [0.717, 1.165) is 31.2 Å². The SMILES string of the molecule is CCCCC(CC)CC(=C(C#N)C(=O)O)c1ccccc1. The molecule has 1 aromatic carbocycles. The van der Waals surface area contributed by atoms with Gasteiger partial charge in [0.25, 0.3) is 0 Å². The standard InChI is InChI=1S/C18H23NO2/c1-3-5-9-14(4-2)12-16(17(13-19)18(20)21)15-10-7-6-8-11-15/h6-8,10-11,14H,3-5,9,12H2,1-2H3,(H,20,21). The molecule has 1 unspecified atom stereocenters. The van der Waals surface area contributed by atoms with Crippen molar-refractivity contribution in [2.75, 3.05) is 0 Å². The van der Waals surface area contributed by atoms with Gasteiger partial charge in [0.15, 0.2) is 0 Å². The van der Waals surface area contributed by atoms with Crippen molar-refractivity contribution in [1.82, 2.24) is 0 Å². The molecule has 0 bridgehead atoms. The van der Waals surface area contributed by atoms with Gasteiger partial charge in [0.2, 0.25) is 0 Å². The van der Waals surface area contributed by atoms with Gasteiger partial charge in [0.05, 0.1) is 0 Å². The number of hydrogen-bond acceptors (Lipinski definition) is 2. The maximum absolute atomic E-state index is 11.3. The highest BCUT2D eigenvalue weighted by Gasteiger charge is 2.19. The summed E-state index contributed by atoms with van der Waals surface area (Å²) in [6.07, 6.45) is 4.98. The molecule has 1 rings (SSSR count). The second kappa shape index (κ2) is 8.97. The second-order valence-corrected chi connectivity index (χ2v) is 5.26. The number of nitrogens with zero attached hydrogens (tertiary/aromatic N) is 1. The van der Waals surface area contributed by atoms with Crippen LogP contribution in [0.5, 0.6) is 0 Å². The molecule has 0 spiro atoms. The maximum atomic E-state index is 11.3. The molecule has 21 heavy (non-hydrogen) atoms. The number of unbranched alkanes of at least 4 members (excludes halogenated alkanes) is 1. The van der Waals surface area contributed by atoms with Crippen molar-refractivity contribution in [2.24, 2.45) is 5.92 Å². The molecular weight excluding hydrogens is 262 g/mol. The number of carbonyl (C=O) groups is 1. The summed E-state index contributed by atoms with van der Waals surface area (Å²) in [5.74, 6) is -0.718. The lowest BCUT2D eigenvalue weighted by atomic mass is 9.86. The molecular formula is C18H23NO2. The van der Waals surface area contributed by atoms with Crippen LogP contribution in [0.3, 0.4) is 0 Å². The van der Waals surface area contributed by atoms with Crippen molar-refractivity contribution < 1.29 is 9.90 Å². The molecule has 0 radical (unpaired) electrons. The first-order valence-corrected chi connectivity index (χ1v) is 7.55. The lowest BCUT2D eigenvalue weighted by molar-refractivity contribution is -0.132. The van der Waals surface area contributed by atoms with E-state index in [1.54, 1.807) is 0 Å². The Morgan fingerprint density at radius 3 is 2.43 bits per heavy atom. The summed E-state index contributed by atoms with van der Waals surface area (Å²) in [5, 5.41) is 18.5. The van der Waals surface area contributed by atoms with Gasteiger partial charge in [-0.3, -0.25) is 0 Å². The van der Waals surface area contributed by atoms with Crippen LogP contribution >= 0.6 is 0 Å². The lowest BCUT2D eigenvalue weighted by Gasteiger charge is -2.17. The number of carboxylic acids is 1. The predicted octanol–water partition coefficient (Wildman–Crippen LogP) is 4.65. The Labute approximate surface area is 126 Å². The van der Waals surface area contributed by atoms with Crippen molar-refractivity contribution in [3.63, 3.8) is 0 Å². The third kappa shape index (κ3) is 5.07. The van der Waals surface area contributed by atoms with Gasteiger partial charge in [0, 0.05) is 0 Å². The number of benzene rings is 1. The Morgan fingerprint density at radius 1 is 1.29 bits per heavy atom. The van der Waals surface area contributed by atoms with E-state index < -0.39 is 5.97 Å². The summed E-state index contributed by atoms with van der Waals surface area (Å²) in [6.45, 7) is 4.27. The van der Waals surface area contributed by atoms with Gasteiger partial charge >= 0.3 is 5.97 Å². The fourth-order valence-electron chi connectivity index (χ4n) is 2.48. The van der Waals surface area contributed by atoms with E-state index in [4.69, 9.17) is 0 Å². The normalized spacial score (nSPS) is 13.2. The van der Waals surface area contributed by atoms with Gasteiger partial charge in [-0.05, 0) is 23.5 Å². The van der Waals surface area contributed by atoms with E-state index in [2.05, 4.69) is 13.8 Å². The molecule has 0 aliphatic carbocycles. The number of hydrogen-bond donors (Lipinski definition) is 1. The fraction of sp³-hybridized carbons (Fsp3) is 0.444. The zero-order valence-electron chi connectivity index (χ0n) is 12.8. The summed E-state index contributed by atoms with van der Waals surface area (Å²) in [7, 11) is 0. The molecule has 0 aromatic heterocycles. The topological polar surface area (TPSA) is 61.1 Å². The predicted molar refractivity (Wildman–Crippen MR) is 84.5 cm³/mol. The minimum atomic E-state index is -1.14. The van der Waals surface area contributed by atoms with Crippen LogP contribution in [-0.2, 0) is 4.79 Å². The molecule has 0 amide bonds. The van der Waals surface area contributed by atoms with Crippen molar-refractivity contribution in [2.45, 2.75) is 46.0 Å². The van der Waals surface area contributed by atoms with Crippen LogP contribution in [0.1, 0.15) is 51.5 Å². The minimum Gasteiger partial charge on any atom is -0.477 e. The second-order valence-electron chi connectivity index (χ2n) is 5.26. The number of carboxylic acid groups (broad SMARTS) is 1. The van der Waals surface area contributed by atoms with E-state index in [-0.39, 0.29) is 5.57 Å². The maximum Gasteiger partial charge on any atom is 0.346 e. The molecule has 1 N–H and O–H groups in total. The van der Waals surface area contributed by atoms with E-state index in [1.165, 1.54) is 0 Å². The molecule has 3 heteroatoms. The Bertz CT molecular complexity index is 526. The Hall–Kier alpha value is -2.08. The Morgan fingerprint density at radius 2 is 1.95 bits per heavy atom. The Kier molecular flexibility index (Phi) is 7.25. The van der Waals surface area contributed by atoms with Crippen LogP contribution in [0.15, 0.2) is 35.9 Å². The molecule has 0 saturated carbocycles. The van der Waals surface area contributed by atoms with Gasteiger partial charge in [-0.1, -0.05) is 69.9 Å². The van der Waals surface area contributed by atoms with Crippen LogP contribution in [0.4, 0.5) is 0 Å². The minimum absolute atomic E-state index is 0.129. The third-order valence-corrected chi connectivity index (χ3v) is 3.79. The zero-order chi connectivity index (χ0) is 15.7. The van der Waals surface area contributed by atoms with Crippen LogP contribution in [0.2, 0.25) is 0 Å². The average Bonchev–Trinajstić information content (AvgIpc) is 2.51. The first-order valence-electron chi connectivity index (χ1n) is 7.55.